The van der Waals surface area contributed by atoms with Crippen LogP contribution in [-0.4, -0.2) is 84.6 Å². The maximum atomic E-state index is 13.4. The van der Waals surface area contributed by atoms with E-state index >= 15 is 0 Å². The van der Waals surface area contributed by atoms with Gasteiger partial charge in [-0.25, -0.2) is 4.39 Å². The molecule has 6 nitrogen and oxygen atoms in total. The molecule has 7 heteroatoms. The van der Waals surface area contributed by atoms with Crippen LogP contribution in [0.5, 0.6) is 0 Å². The Morgan fingerprint density at radius 3 is 2.39 bits per heavy atom. The lowest BCUT2D eigenvalue weighted by atomic mass is 9.96. The van der Waals surface area contributed by atoms with Crippen LogP contribution in [0.15, 0.2) is 54.6 Å². The zero-order valence-electron chi connectivity index (χ0n) is 21.3. The molecule has 0 aliphatic carbocycles. The fourth-order valence-corrected chi connectivity index (χ4v) is 5.49. The summed E-state index contributed by atoms with van der Waals surface area (Å²) < 4.78 is 15.8. The molecule has 3 heterocycles. The van der Waals surface area contributed by atoms with Gasteiger partial charge in [0.05, 0.1) is 0 Å². The fourth-order valence-electron chi connectivity index (χ4n) is 5.49. The van der Waals surface area contributed by atoms with Crippen LogP contribution in [0, 0.1) is 11.7 Å². The summed E-state index contributed by atoms with van der Waals surface area (Å²) in [5.74, 6) is 0.121. The molecule has 0 bridgehead atoms. The van der Waals surface area contributed by atoms with E-state index in [0.717, 1.165) is 83.9 Å². The molecule has 0 unspecified atom stereocenters. The smallest absolute Gasteiger partial charge is 0.223 e. The highest BCUT2D eigenvalue weighted by molar-refractivity contribution is 5.81. The van der Waals surface area contributed by atoms with Gasteiger partial charge in [0.25, 0.3) is 0 Å². The Labute approximate surface area is 213 Å². The van der Waals surface area contributed by atoms with Gasteiger partial charge in [0.2, 0.25) is 5.91 Å². The molecule has 2 saturated heterocycles. The molecule has 2 aromatic carbocycles. The summed E-state index contributed by atoms with van der Waals surface area (Å²) in [7, 11) is 2.16. The van der Waals surface area contributed by atoms with E-state index in [4.69, 9.17) is 0 Å². The molecule has 3 aromatic rings. The highest BCUT2D eigenvalue weighted by Crippen LogP contribution is 2.25. The van der Waals surface area contributed by atoms with E-state index in [1.165, 1.54) is 28.7 Å². The van der Waals surface area contributed by atoms with E-state index in [1.807, 2.05) is 12.1 Å². The Balaban J connectivity index is 1.14. The van der Waals surface area contributed by atoms with Gasteiger partial charge in [-0.3, -0.25) is 14.6 Å². The Kier molecular flexibility index (Phi) is 7.99. The summed E-state index contributed by atoms with van der Waals surface area (Å²) >= 11 is 0. The van der Waals surface area contributed by atoms with Crippen LogP contribution < -0.4 is 5.32 Å². The Bertz CT molecular complexity index is 1140. The SMILES string of the molecule is CN1CCN(CCNC(=O)C2CCN(Cc3cc4ccccc4n3Cc3ccc(F)cc3)CC2)CC1. The third-order valence-corrected chi connectivity index (χ3v) is 7.82. The van der Waals surface area contributed by atoms with E-state index in [2.05, 4.69) is 62.0 Å². The number of amides is 1. The number of carbonyl (C=O) groups is 1. The molecule has 1 amide bonds. The summed E-state index contributed by atoms with van der Waals surface area (Å²) in [6.45, 7) is 9.49. The summed E-state index contributed by atoms with van der Waals surface area (Å²) in [4.78, 5) is 20.0. The van der Waals surface area contributed by atoms with Crippen molar-refractivity contribution >= 4 is 16.8 Å². The highest BCUT2D eigenvalue weighted by Gasteiger charge is 2.26. The molecular formula is C29H38FN5O. The highest BCUT2D eigenvalue weighted by atomic mass is 19.1. The molecule has 2 aliphatic heterocycles. The molecule has 0 radical (unpaired) electrons. The number of fused-ring (bicyclic) bond motifs is 1. The fraction of sp³-hybridized carbons (Fsp3) is 0.483. The van der Waals surface area contributed by atoms with Gasteiger partial charge in [0.15, 0.2) is 0 Å². The topological polar surface area (TPSA) is 43.8 Å². The molecule has 0 atom stereocenters. The number of aromatic nitrogens is 1. The summed E-state index contributed by atoms with van der Waals surface area (Å²) in [5.41, 5.74) is 3.55. The quantitative estimate of drug-likeness (QED) is 0.525. The van der Waals surface area contributed by atoms with Gasteiger partial charge in [0.1, 0.15) is 5.82 Å². The van der Waals surface area contributed by atoms with Crippen LogP contribution in [0.3, 0.4) is 0 Å². The molecule has 192 valence electrons. The van der Waals surface area contributed by atoms with Crippen molar-refractivity contribution in [3.05, 3.63) is 71.7 Å². The van der Waals surface area contributed by atoms with Crippen molar-refractivity contribution in [2.75, 3.05) is 59.4 Å². The van der Waals surface area contributed by atoms with Crippen molar-refractivity contribution in [2.24, 2.45) is 5.92 Å². The number of piperazine rings is 1. The average Bonchev–Trinajstić information content (AvgIpc) is 3.23. The average molecular weight is 492 g/mol. The first-order chi connectivity index (χ1) is 17.5. The molecule has 0 saturated carbocycles. The van der Waals surface area contributed by atoms with Gasteiger partial charge in [-0.15, -0.1) is 0 Å². The van der Waals surface area contributed by atoms with Crippen LogP contribution in [0.2, 0.25) is 0 Å². The number of para-hydroxylation sites is 1. The van der Waals surface area contributed by atoms with E-state index in [0.29, 0.717) is 0 Å². The molecular weight excluding hydrogens is 453 g/mol. The number of hydrogen-bond donors (Lipinski definition) is 1. The van der Waals surface area contributed by atoms with Crippen LogP contribution in [-0.2, 0) is 17.9 Å². The van der Waals surface area contributed by atoms with Crippen molar-refractivity contribution in [1.29, 1.82) is 0 Å². The van der Waals surface area contributed by atoms with E-state index in [1.54, 1.807) is 0 Å². The Morgan fingerprint density at radius 1 is 0.917 bits per heavy atom. The number of benzene rings is 2. The maximum absolute atomic E-state index is 13.4. The summed E-state index contributed by atoms with van der Waals surface area (Å²) in [5, 5.41) is 4.42. The van der Waals surface area contributed by atoms with Gasteiger partial charge in [0, 0.05) is 69.5 Å². The van der Waals surface area contributed by atoms with Gasteiger partial charge < -0.3 is 14.8 Å². The minimum atomic E-state index is -0.206. The zero-order chi connectivity index (χ0) is 24.9. The molecule has 1 aromatic heterocycles. The Morgan fingerprint density at radius 2 is 1.64 bits per heavy atom. The number of piperidine rings is 1. The van der Waals surface area contributed by atoms with Crippen molar-refractivity contribution in [3.63, 3.8) is 0 Å². The standard InChI is InChI=1S/C29H38FN5O/c1-32-16-18-33(19-17-32)15-12-31-29(36)24-10-13-34(14-11-24)22-27-20-25-4-2-3-5-28(25)35(27)21-23-6-8-26(30)9-7-23/h2-9,20,24H,10-19,21-22H2,1H3,(H,31,36). The van der Waals surface area contributed by atoms with E-state index in [9.17, 15) is 9.18 Å². The first-order valence-corrected chi connectivity index (χ1v) is 13.3. The maximum Gasteiger partial charge on any atom is 0.223 e. The van der Waals surface area contributed by atoms with Gasteiger partial charge in [-0.1, -0.05) is 30.3 Å². The number of likely N-dealkylation sites (tertiary alicyclic amines) is 1. The van der Waals surface area contributed by atoms with Crippen molar-refractivity contribution < 1.29 is 9.18 Å². The predicted molar refractivity (Wildman–Crippen MR) is 142 cm³/mol. The predicted octanol–water partition coefficient (Wildman–Crippen LogP) is 3.40. The zero-order valence-corrected chi connectivity index (χ0v) is 21.3. The summed E-state index contributed by atoms with van der Waals surface area (Å²) in [6, 6.07) is 17.5. The molecule has 2 fully saturated rings. The van der Waals surface area contributed by atoms with Crippen LogP contribution >= 0.6 is 0 Å². The summed E-state index contributed by atoms with van der Waals surface area (Å²) in [6.07, 6.45) is 1.80. The number of nitrogens with zero attached hydrogens (tertiary/aromatic N) is 4. The third-order valence-electron chi connectivity index (χ3n) is 7.82. The number of hydrogen-bond acceptors (Lipinski definition) is 4. The van der Waals surface area contributed by atoms with Gasteiger partial charge in [-0.05, 0) is 68.2 Å². The largest absolute Gasteiger partial charge is 0.355 e. The number of nitrogens with one attached hydrogen (secondary N) is 1. The van der Waals surface area contributed by atoms with Crippen molar-refractivity contribution in [1.82, 2.24) is 24.6 Å². The molecule has 5 rings (SSSR count). The molecule has 0 spiro atoms. The second-order valence-corrected chi connectivity index (χ2v) is 10.4. The van der Waals surface area contributed by atoms with E-state index in [-0.39, 0.29) is 17.6 Å². The Hall–Kier alpha value is -2.74. The minimum Gasteiger partial charge on any atom is -0.355 e. The molecule has 2 aliphatic rings. The second kappa shape index (κ2) is 11.5. The lowest BCUT2D eigenvalue weighted by Gasteiger charge is -2.33. The monoisotopic (exact) mass is 491 g/mol. The number of halogens is 1. The van der Waals surface area contributed by atoms with Crippen molar-refractivity contribution in [2.45, 2.75) is 25.9 Å². The lowest BCUT2D eigenvalue weighted by molar-refractivity contribution is -0.126. The van der Waals surface area contributed by atoms with Crippen LogP contribution in [0.25, 0.3) is 10.9 Å². The van der Waals surface area contributed by atoms with Gasteiger partial charge >= 0.3 is 0 Å². The number of carbonyl (C=O) groups excluding carboxylic acids is 1. The molecule has 1 N–H and O–H groups in total. The number of likely N-dealkylation sites (N-methyl/N-ethyl adjacent to an activating group) is 1. The minimum absolute atomic E-state index is 0.110. The number of rotatable bonds is 8. The lowest BCUT2D eigenvalue weighted by Crippen LogP contribution is -2.47. The first kappa shape index (κ1) is 24.9. The van der Waals surface area contributed by atoms with Gasteiger partial charge in [-0.2, -0.15) is 0 Å². The van der Waals surface area contributed by atoms with Crippen LogP contribution in [0.1, 0.15) is 24.1 Å². The second-order valence-electron chi connectivity index (χ2n) is 10.4. The third kappa shape index (κ3) is 6.14. The molecule has 36 heavy (non-hydrogen) atoms. The van der Waals surface area contributed by atoms with E-state index < -0.39 is 0 Å². The first-order valence-electron chi connectivity index (χ1n) is 13.3. The van der Waals surface area contributed by atoms with Crippen molar-refractivity contribution in [3.8, 4) is 0 Å². The van der Waals surface area contributed by atoms with Crippen LogP contribution in [0.4, 0.5) is 4.39 Å². The normalized spacial score (nSPS) is 18.6.